The molecule has 2 N–H and O–H groups in total. The molecule has 21 heavy (non-hydrogen) atoms. The Morgan fingerprint density at radius 2 is 1.76 bits per heavy atom. The zero-order valence-corrected chi connectivity index (χ0v) is 11.6. The fourth-order valence-electron chi connectivity index (χ4n) is 1.79. The van der Waals surface area contributed by atoms with Crippen LogP contribution in [0, 0.1) is 6.92 Å². The lowest BCUT2D eigenvalue weighted by molar-refractivity contribution is -0.144. The standard InChI is InChI=1S/C14H15F3N4/c1-9-5-3-4-6-10(9)8-19-12-7-11(18-2)20-13(21-12)14(15,16)17/h3-7H,8H2,1-2H3,(H2,18,19,20,21). The first-order valence-electron chi connectivity index (χ1n) is 6.32. The topological polar surface area (TPSA) is 49.8 Å². The van der Waals surface area contributed by atoms with Crippen LogP contribution in [-0.2, 0) is 12.7 Å². The molecule has 7 heteroatoms. The normalized spacial score (nSPS) is 11.3. The minimum Gasteiger partial charge on any atom is -0.373 e. The van der Waals surface area contributed by atoms with Gasteiger partial charge in [0.2, 0.25) is 5.82 Å². The number of nitrogens with one attached hydrogen (secondary N) is 2. The summed E-state index contributed by atoms with van der Waals surface area (Å²) >= 11 is 0. The molecule has 0 radical (unpaired) electrons. The van der Waals surface area contributed by atoms with Crippen LogP contribution in [0.1, 0.15) is 17.0 Å². The maximum Gasteiger partial charge on any atom is 0.451 e. The summed E-state index contributed by atoms with van der Waals surface area (Å²) in [6, 6.07) is 9.08. The summed E-state index contributed by atoms with van der Waals surface area (Å²) in [5, 5.41) is 5.50. The van der Waals surface area contributed by atoms with E-state index in [0.29, 0.717) is 6.54 Å². The van der Waals surface area contributed by atoms with E-state index in [4.69, 9.17) is 0 Å². The average molecular weight is 296 g/mol. The molecule has 0 aliphatic rings. The van der Waals surface area contributed by atoms with Crippen LogP contribution in [0.3, 0.4) is 0 Å². The van der Waals surface area contributed by atoms with Crippen molar-refractivity contribution in [3.8, 4) is 0 Å². The highest BCUT2D eigenvalue weighted by Crippen LogP contribution is 2.28. The minimum atomic E-state index is -4.58. The third-order valence-corrected chi connectivity index (χ3v) is 2.96. The van der Waals surface area contributed by atoms with E-state index in [-0.39, 0.29) is 11.6 Å². The smallest absolute Gasteiger partial charge is 0.373 e. The van der Waals surface area contributed by atoms with Gasteiger partial charge in [-0.05, 0) is 18.1 Å². The molecule has 1 heterocycles. The lowest BCUT2D eigenvalue weighted by atomic mass is 10.1. The molecule has 0 fully saturated rings. The number of aromatic nitrogens is 2. The van der Waals surface area contributed by atoms with Crippen LogP contribution >= 0.6 is 0 Å². The predicted octanol–water partition coefficient (Wildman–Crippen LogP) is 3.46. The highest BCUT2D eigenvalue weighted by Gasteiger charge is 2.35. The fourth-order valence-corrected chi connectivity index (χ4v) is 1.79. The van der Waals surface area contributed by atoms with Gasteiger partial charge in [-0.15, -0.1) is 0 Å². The van der Waals surface area contributed by atoms with Crippen molar-refractivity contribution in [3.63, 3.8) is 0 Å². The first-order chi connectivity index (χ1) is 9.90. The number of halogens is 3. The summed E-state index contributed by atoms with van der Waals surface area (Å²) in [6.07, 6.45) is -4.58. The van der Waals surface area contributed by atoms with E-state index in [9.17, 15) is 13.2 Å². The molecular weight excluding hydrogens is 281 g/mol. The fraction of sp³-hybridized carbons (Fsp3) is 0.286. The summed E-state index contributed by atoms with van der Waals surface area (Å²) in [6.45, 7) is 2.33. The van der Waals surface area contributed by atoms with Crippen molar-refractivity contribution >= 4 is 11.6 Å². The lowest BCUT2D eigenvalue weighted by Crippen LogP contribution is -2.14. The van der Waals surface area contributed by atoms with Gasteiger partial charge >= 0.3 is 6.18 Å². The quantitative estimate of drug-likeness (QED) is 0.907. The van der Waals surface area contributed by atoms with E-state index in [1.54, 1.807) is 0 Å². The van der Waals surface area contributed by atoms with Crippen LogP contribution in [0.15, 0.2) is 30.3 Å². The summed E-state index contributed by atoms with van der Waals surface area (Å²) in [5.41, 5.74) is 2.06. The third kappa shape index (κ3) is 3.84. The van der Waals surface area contributed by atoms with Gasteiger partial charge in [0, 0.05) is 19.7 Å². The molecule has 0 aliphatic carbocycles. The van der Waals surface area contributed by atoms with Gasteiger partial charge in [-0.2, -0.15) is 13.2 Å². The van der Waals surface area contributed by atoms with Crippen molar-refractivity contribution in [2.24, 2.45) is 0 Å². The molecular formula is C14H15F3N4. The van der Waals surface area contributed by atoms with Crippen LogP contribution in [-0.4, -0.2) is 17.0 Å². The van der Waals surface area contributed by atoms with E-state index < -0.39 is 12.0 Å². The number of benzene rings is 1. The summed E-state index contributed by atoms with van der Waals surface area (Å²) < 4.78 is 38.2. The summed E-state index contributed by atoms with van der Waals surface area (Å²) in [5.74, 6) is -0.920. The molecule has 0 spiro atoms. The van der Waals surface area contributed by atoms with Gasteiger partial charge in [-0.3, -0.25) is 0 Å². The SMILES string of the molecule is CNc1cc(NCc2ccccc2C)nc(C(F)(F)F)n1. The Labute approximate surface area is 120 Å². The largest absolute Gasteiger partial charge is 0.451 e. The highest BCUT2D eigenvalue weighted by molar-refractivity contribution is 5.48. The Morgan fingerprint density at radius 3 is 2.38 bits per heavy atom. The number of rotatable bonds is 4. The number of alkyl halides is 3. The molecule has 1 aromatic carbocycles. The second-order valence-corrected chi connectivity index (χ2v) is 4.49. The van der Waals surface area contributed by atoms with Gasteiger partial charge in [-0.25, -0.2) is 9.97 Å². The van der Waals surface area contributed by atoms with E-state index in [1.807, 2.05) is 31.2 Å². The predicted molar refractivity (Wildman–Crippen MR) is 75.1 cm³/mol. The Balaban J connectivity index is 2.22. The second kappa shape index (κ2) is 5.99. The van der Waals surface area contributed by atoms with E-state index in [2.05, 4.69) is 20.6 Å². The molecule has 0 amide bonds. The maximum atomic E-state index is 12.7. The van der Waals surface area contributed by atoms with Crippen molar-refractivity contribution in [1.29, 1.82) is 0 Å². The van der Waals surface area contributed by atoms with Crippen molar-refractivity contribution in [3.05, 3.63) is 47.3 Å². The Kier molecular flexibility index (Phi) is 4.30. The highest BCUT2D eigenvalue weighted by atomic mass is 19.4. The van der Waals surface area contributed by atoms with E-state index in [1.165, 1.54) is 13.1 Å². The molecule has 4 nitrogen and oxygen atoms in total. The molecule has 0 aliphatic heterocycles. The van der Waals surface area contributed by atoms with Gasteiger partial charge in [-0.1, -0.05) is 24.3 Å². The first-order valence-corrected chi connectivity index (χ1v) is 6.32. The summed E-state index contributed by atoms with van der Waals surface area (Å²) in [4.78, 5) is 6.92. The second-order valence-electron chi connectivity index (χ2n) is 4.49. The van der Waals surface area contributed by atoms with Gasteiger partial charge < -0.3 is 10.6 Å². The van der Waals surface area contributed by atoms with E-state index >= 15 is 0 Å². The first kappa shape index (κ1) is 15.1. The van der Waals surface area contributed by atoms with Crippen molar-refractivity contribution in [2.45, 2.75) is 19.6 Å². The lowest BCUT2D eigenvalue weighted by Gasteiger charge is -2.12. The van der Waals surface area contributed by atoms with Crippen LogP contribution in [0.4, 0.5) is 24.8 Å². The van der Waals surface area contributed by atoms with Crippen molar-refractivity contribution in [2.75, 3.05) is 17.7 Å². The molecule has 0 saturated heterocycles. The number of aryl methyl sites for hydroxylation is 1. The van der Waals surface area contributed by atoms with Crippen LogP contribution in [0.5, 0.6) is 0 Å². The number of hydrogen-bond donors (Lipinski definition) is 2. The number of anilines is 2. The molecule has 0 unspecified atom stereocenters. The van der Waals surface area contributed by atoms with Gasteiger partial charge in [0.05, 0.1) is 0 Å². The summed E-state index contributed by atoms with van der Waals surface area (Å²) in [7, 11) is 1.51. The maximum absolute atomic E-state index is 12.7. The molecule has 2 rings (SSSR count). The monoisotopic (exact) mass is 296 g/mol. The minimum absolute atomic E-state index is 0.115. The zero-order valence-electron chi connectivity index (χ0n) is 11.6. The molecule has 1 aromatic heterocycles. The van der Waals surface area contributed by atoms with Crippen LogP contribution < -0.4 is 10.6 Å². The van der Waals surface area contributed by atoms with E-state index in [0.717, 1.165) is 11.1 Å². The Bertz CT molecular complexity index is 626. The van der Waals surface area contributed by atoms with Crippen LogP contribution in [0.2, 0.25) is 0 Å². The zero-order chi connectivity index (χ0) is 15.5. The van der Waals surface area contributed by atoms with Gasteiger partial charge in [0.15, 0.2) is 0 Å². The molecule has 0 saturated carbocycles. The number of hydrogen-bond acceptors (Lipinski definition) is 4. The molecule has 2 aromatic rings. The molecule has 0 atom stereocenters. The van der Waals surface area contributed by atoms with Crippen LogP contribution in [0.25, 0.3) is 0 Å². The Morgan fingerprint density at radius 1 is 1.10 bits per heavy atom. The van der Waals surface area contributed by atoms with Gasteiger partial charge in [0.1, 0.15) is 11.6 Å². The average Bonchev–Trinajstić information content (AvgIpc) is 2.45. The van der Waals surface area contributed by atoms with Crippen molar-refractivity contribution in [1.82, 2.24) is 9.97 Å². The van der Waals surface area contributed by atoms with Crippen molar-refractivity contribution < 1.29 is 13.2 Å². The third-order valence-electron chi connectivity index (χ3n) is 2.96. The molecule has 0 bridgehead atoms. The van der Waals surface area contributed by atoms with Gasteiger partial charge in [0.25, 0.3) is 0 Å². The number of nitrogens with zero attached hydrogens (tertiary/aromatic N) is 2. The Hall–Kier alpha value is -2.31. The molecule has 112 valence electrons.